The molecular formula is C16H16Br2. The van der Waals surface area contributed by atoms with Gasteiger partial charge < -0.3 is 0 Å². The Kier molecular flexibility index (Phi) is 4.63. The van der Waals surface area contributed by atoms with Gasteiger partial charge in [-0.15, -0.1) is 0 Å². The molecule has 0 bridgehead atoms. The van der Waals surface area contributed by atoms with Crippen LogP contribution < -0.4 is 0 Å². The van der Waals surface area contributed by atoms with E-state index in [1.807, 2.05) is 0 Å². The van der Waals surface area contributed by atoms with E-state index in [-0.39, 0.29) is 0 Å². The van der Waals surface area contributed by atoms with E-state index in [9.17, 15) is 0 Å². The van der Waals surface area contributed by atoms with Crippen LogP contribution in [0.4, 0.5) is 0 Å². The molecule has 0 saturated heterocycles. The second kappa shape index (κ2) is 6.03. The molecule has 0 amide bonds. The monoisotopic (exact) mass is 366 g/mol. The van der Waals surface area contributed by atoms with Crippen molar-refractivity contribution in [2.75, 3.05) is 0 Å². The zero-order valence-electron chi connectivity index (χ0n) is 10.6. The zero-order valence-corrected chi connectivity index (χ0v) is 13.8. The highest BCUT2D eigenvalue weighted by Crippen LogP contribution is 2.33. The van der Waals surface area contributed by atoms with Crippen molar-refractivity contribution in [3.8, 4) is 0 Å². The summed E-state index contributed by atoms with van der Waals surface area (Å²) >= 11 is 7.45. The van der Waals surface area contributed by atoms with Gasteiger partial charge >= 0.3 is 0 Å². The maximum atomic E-state index is 3.80. The molecule has 0 spiro atoms. The molecule has 0 aliphatic heterocycles. The molecular weight excluding hydrogens is 352 g/mol. The van der Waals surface area contributed by atoms with Gasteiger partial charge in [-0.1, -0.05) is 68.3 Å². The predicted octanol–water partition coefficient (Wildman–Crippen LogP) is 5.74. The quantitative estimate of drug-likeness (QED) is 0.606. The maximum absolute atomic E-state index is 3.80. The van der Waals surface area contributed by atoms with Crippen LogP contribution >= 0.6 is 31.9 Å². The Balaban J connectivity index is 2.22. The van der Waals surface area contributed by atoms with Crippen molar-refractivity contribution >= 4 is 31.9 Å². The molecule has 0 aliphatic carbocycles. The van der Waals surface area contributed by atoms with Gasteiger partial charge in [-0.2, -0.15) is 0 Å². The number of aryl methyl sites for hydroxylation is 2. The highest BCUT2D eigenvalue weighted by atomic mass is 79.9. The zero-order chi connectivity index (χ0) is 13.1. The SMILES string of the molecule is Cc1ccc(C(Br)Cc2ccccc2C)c(Br)c1. The van der Waals surface area contributed by atoms with E-state index in [0.717, 1.165) is 6.42 Å². The smallest absolute Gasteiger partial charge is 0.0446 e. The van der Waals surface area contributed by atoms with Gasteiger partial charge in [0.05, 0.1) is 0 Å². The summed E-state index contributed by atoms with van der Waals surface area (Å²) < 4.78 is 1.18. The first-order valence-electron chi connectivity index (χ1n) is 6.02. The standard InChI is InChI=1S/C16H16Br2/c1-11-7-8-14(15(17)9-11)16(18)10-13-6-4-3-5-12(13)2/h3-9,16H,10H2,1-2H3. The first kappa shape index (κ1) is 13.8. The molecule has 2 aromatic rings. The molecule has 2 rings (SSSR count). The summed E-state index contributed by atoms with van der Waals surface area (Å²) in [6.45, 7) is 4.28. The van der Waals surface area contributed by atoms with Crippen LogP contribution in [-0.2, 0) is 6.42 Å². The molecule has 0 saturated carbocycles. The van der Waals surface area contributed by atoms with Crippen LogP contribution in [0.5, 0.6) is 0 Å². The summed E-state index contributed by atoms with van der Waals surface area (Å²) in [6, 6.07) is 15.1. The van der Waals surface area contributed by atoms with Crippen molar-refractivity contribution in [1.82, 2.24) is 0 Å². The van der Waals surface area contributed by atoms with Gasteiger partial charge in [-0.25, -0.2) is 0 Å². The van der Waals surface area contributed by atoms with E-state index < -0.39 is 0 Å². The molecule has 2 heteroatoms. The molecule has 0 aliphatic rings. The number of hydrogen-bond acceptors (Lipinski definition) is 0. The van der Waals surface area contributed by atoms with Gasteiger partial charge in [0.2, 0.25) is 0 Å². The van der Waals surface area contributed by atoms with E-state index in [2.05, 4.69) is 88.2 Å². The summed E-state index contributed by atoms with van der Waals surface area (Å²) in [5.41, 5.74) is 5.34. The largest absolute Gasteiger partial charge is 0.0835 e. The minimum Gasteiger partial charge on any atom is -0.0835 e. The van der Waals surface area contributed by atoms with Crippen LogP contribution in [0.15, 0.2) is 46.9 Å². The minimum absolute atomic E-state index is 0.341. The highest BCUT2D eigenvalue weighted by molar-refractivity contribution is 9.11. The van der Waals surface area contributed by atoms with Gasteiger partial charge in [0, 0.05) is 9.30 Å². The summed E-state index contributed by atoms with van der Waals surface area (Å²) in [7, 11) is 0. The number of hydrogen-bond donors (Lipinski definition) is 0. The Morgan fingerprint density at radius 1 is 1.06 bits per heavy atom. The molecule has 0 heterocycles. The van der Waals surface area contributed by atoms with Crippen LogP contribution in [0.25, 0.3) is 0 Å². The normalized spacial score (nSPS) is 12.4. The molecule has 0 radical (unpaired) electrons. The van der Waals surface area contributed by atoms with Gasteiger partial charge in [0.15, 0.2) is 0 Å². The number of benzene rings is 2. The van der Waals surface area contributed by atoms with Crippen LogP contribution in [0.3, 0.4) is 0 Å². The average Bonchev–Trinajstić information content (AvgIpc) is 2.32. The first-order valence-corrected chi connectivity index (χ1v) is 7.73. The molecule has 94 valence electrons. The summed E-state index contributed by atoms with van der Waals surface area (Å²) in [6.07, 6.45) is 1.01. The lowest BCUT2D eigenvalue weighted by molar-refractivity contribution is 0.932. The van der Waals surface area contributed by atoms with Gasteiger partial charge in [0.1, 0.15) is 0 Å². The van der Waals surface area contributed by atoms with E-state index in [1.165, 1.54) is 26.7 Å². The average molecular weight is 368 g/mol. The second-order valence-electron chi connectivity index (χ2n) is 4.62. The van der Waals surface area contributed by atoms with Crippen molar-refractivity contribution in [2.24, 2.45) is 0 Å². The third-order valence-electron chi connectivity index (χ3n) is 3.15. The van der Waals surface area contributed by atoms with Gasteiger partial charge in [0.25, 0.3) is 0 Å². The van der Waals surface area contributed by atoms with Crippen molar-refractivity contribution < 1.29 is 0 Å². The number of halogens is 2. The van der Waals surface area contributed by atoms with Crippen molar-refractivity contribution in [3.05, 3.63) is 69.2 Å². The van der Waals surface area contributed by atoms with E-state index >= 15 is 0 Å². The van der Waals surface area contributed by atoms with Crippen LogP contribution in [-0.4, -0.2) is 0 Å². The van der Waals surface area contributed by atoms with Gasteiger partial charge in [-0.3, -0.25) is 0 Å². The van der Waals surface area contributed by atoms with E-state index in [0.29, 0.717) is 4.83 Å². The molecule has 0 aromatic heterocycles. The van der Waals surface area contributed by atoms with E-state index in [4.69, 9.17) is 0 Å². The topological polar surface area (TPSA) is 0 Å². The highest BCUT2D eigenvalue weighted by Gasteiger charge is 2.12. The van der Waals surface area contributed by atoms with Crippen molar-refractivity contribution in [3.63, 3.8) is 0 Å². The summed E-state index contributed by atoms with van der Waals surface area (Å²) in [4.78, 5) is 0.341. The first-order chi connectivity index (χ1) is 8.58. The molecule has 18 heavy (non-hydrogen) atoms. The number of rotatable bonds is 3. The number of alkyl halides is 1. The Morgan fingerprint density at radius 3 is 2.44 bits per heavy atom. The molecule has 0 N–H and O–H groups in total. The Labute approximate surface area is 126 Å². The van der Waals surface area contributed by atoms with Crippen LogP contribution in [0.1, 0.15) is 27.1 Å². The molecule has 1 atom stereocenters. The molecule has 1 unspecified atom stereocenters. The lowest BCUT2D eigenvalue weighted by Gasteiger charge is -2.14. The molecule has 0 fully saturated rings. The fraction of sp³-hybridized carbons (Fsp3) is 0.250. The lowest BCUT2D eigenvalue weighted by Crippen LogP contribution is -1.98. The molecule has 2 aromatic carbocycles. The van der Waals surface area contributed by atoms with Crippen molar-refractivity contribution in [1.29, 1.82) is 0 Å². The van der Waals surface area contributed by atoms with Gasteiger partial charge in [-0.05, 0) is 48.6 Å². The fourth-order valence-electron chi connectivity index (χ4n) is 2.03. The third kappa shape index (κ3) is 3.24. The van der Waals surface area contributed by atoms with Crippen LogP contribution in [0, 0.1) is 13.8 Å². The maximum Gasteiger partial charge on any atom is 0.0446 e. The van der Waals surface area contributed by atoms with Crippen molar-refractivity contribution in [2.45, 2.75) is 25.1 Å². The second-order valence-corrected chi connectivity index (χ2v) is 6.58. The summed E-state index contributed by atoms with van der Waals surface area (Å²) in [5, 5.41) is 0. The third-order valence-corrected chi connectivity index (χ3v) is 4.66. The summed E-state index contributed by atoms with van der Waals surface area (Å²) in [5.74, 6) is 0. The van der Waals surface area contributed by atoms with E-state index in [1.54, 1.807) is 0 Å². The molecule has 0 nitrogen and oxygen atoms in total. The minimum atomic E-state index is 0.341. The fourth-order valence-corrected chi connectivity index (χ4v) is 3.85. The Hall–Kier alpha value is -0.600. The predicted molar refractivity (Wildman–Crippen MR) is 85.4 cm³/mol. The Bertz CT molecular complexity index is 547. The Morgan fingerprint density at radius 2 is 1.78 bits per heavy atom. The lowest BCUT2D eigenvalue weighted by atomic mass is 10.00. The van der Waals surface area contributed by atoms with Crippen LogP contribution in [0.2, 0.25) is 0 Å².